The molecule has 2 heterocycles. The number of carbonyl (C=O) groups excluding carboxylic acids is 1. The summed E-state index contributed by atoms with van der Waals surface area (Å²) in [4.78, 5) is 11.6. The second kappa shape index (κ2) is 3.70. The predicted molar refractivity (Wildman–Crippen MR) is 55.7 cm³/mol. The number of nitrogens with two attached hydrogens (primary N) is 1. The number of amides is 1. The zero-order valence-electron chi connectivity index (χ0n) is 7.85. The molecule has 0 saturated carbocycles. The van der Waals surface area contributed by atoms with Gasteiger partial charge in [-0.15, -0.1) is 10.2 Å². The van der Waals surface area contributed by atoms with Crippen LogP contribution in [0.25, 0.3) is 0 Å². The molecule has 15 heavy (non-hydrogen) atoms. The molecule has 3 N–H and O–H groups in total. The van der Waals surface area contributed by atoms with E-state index in [0.717, 1.165) is 16.9 Å². The lowest BCUT2D eigenvalue weighted by Gasteiger charge is -1.97. The summed E-state index contributed by atoms with van der Waals surface area (Å²) < 4.78 is 5.02. The van der Waals surface area contributed by atoms with Gasteiger partial charge in [-0.1, -0.05) is 11.3 Å². The minimum Gasteiger partial charge on any atom is -0.459 e. The maximum Gasteiger partial charge on any atom is 0.293 e. The Morgan fingerprint density at radius 2 is 2.40 bits per heavy atom. The fraction of sp³-hybridized carbons (Fsp3) is 0.125. The molecule has 0 unspecified atom stereocenters. The van der Waals surface area contributed by atoms with Gasteiger partial charge in [0, 0.05) is 5.56 Å². The molecule has 2 rings (SSSR count). The van der Waals surface area contributed by atoms with Crippen LogP contribution in [0.15, 0.2) is 16.7 Å². The number of carbonyl (C=O) groups is 1. The van der Waals surface area contributed by atoms with Gasteiger partial charge in [0.1, 0.15) is 0 Å². The van der Waals surface area contributed by atoms with E-state index in [1.165, 1.54) is 6.26 Å². The summed E-state index contributed by atoms with van der Waals surface area (Å²) in [6, 6.07) is 1.71. The van der Waals surface area contributed by atoms with Crippen molar-refractivity contribution >= 4 is 27.5 Å². The SMILES string of the molecule is Cc1ccoc1C(=O)Nc1nnc(N)s1. The van der Waals surface area contributed by atoms with Crippen molar-refractivity contribution < 1.29 is 9.21 Å². The number of aromatic nitrogens is 2. The van der Waals surface area contributed by atoms with Crippen LogP contribution < -0.4 is 11.1 Å². The molecule has 6 nitrogen and oxygen atoms in total. The van der Waals surface area contributed by atoms with Crippen molar-refractivity contribution in [1.82, 2.24) is 10.2 Å². The number of nitrogens with zero attached hydrogens (tertiary/aromatic N) is 2. The molecule has 0 aliphatic heterocycles. The number of nitrogen functional groups attached to an aromatic ring is 1. The predicted octanol–water partition coefficient (Wildman–Crippen LogP) is 1.27. The normalized spacial score (nSPS) is 10.2. The molecule has 0 radical (unpaired) electrons. The van der Waals surface area contributed by atoms with Gasteiger partial charge in [-0.2, -0.15) is 0 Å². The summed E-state index contributed by atoms with van der Waals surface area (Å²) in [5.74, 6) is -0.0857. The number of aryl methyl sites for hydroxylation is 1. The Kier molecular flexibility index (Phi) is 2.38. The fourth-order valence-corrected chi connectivity index (χ4v) is 1.55. The Morgan fingerprint density at radius 1 is 1.60 bits per heavy atom. The van der Waals surface area contributed by atoms with E-state index in [9.17, 15) is 4.79 Å². The van der Waals surface area contributed by atoms with Crippen molar-refractivity contribution in [2.45, 2.75) is 6.92 Å². The van der Waals surface area contributed by atoms with Crippen LogP contribution in [-0.2, 0) is 0 Å². The van der Waals surface area contributed by atoms with Gasteiger partial charge in [-0.3, -0.25) is 10.1 Å². The summed E-state index contributed by atoms with van der Waals surface area (Å²) in [5, 5.41) is 10.4. The van der Waals surface area contributed by atoms with E-state index in [0.29, 0.717) is 10.3 Å². The average molecular weight is 224 g/mol. The molecule has 78 valence electrons. The lowest BCUT2D eigenvalue weighted by molar-refractivity contribution is 0.0996. The number of hydrogen-bond acceptors (Lipinski definition) is 6. The number of furan rings is 1. The number of rotatable bonds is 2. The second-order valence-corrected chi connectivity index (χ2v) is 3.84. The largest absolute Gasteiger partial charge is 0.459 e. The molecule has 2 aromatic rings. The molecule has 0 fully saturated rings. The molecular weight excluding hydrogens is 216 g/mol. The quantitative estimate of drug-likeness (QED) is 0.801. The minimum atomic E-state index is -0.353. The third-order valence-electron chi connectivity index (χ3n) is 1.73. The average Bonchev–Trinajstić information content (AvgIpc) is 2.75. The van der Waals surface area contributed by atoms with Crippen molar-refractivity contribution in [3.05, 3.63) is 23.7 Å². The lowest BCUT2D eigenvalue weighted by atomic mass is 10.3. The van der Waals surface area contributed by atoms with Gasteiger partial charge in [0.15, 0.2) is 5.76 Å². The van der Waals surface area contributed by atoms with E-state index >= 15 is 0 Å². The standard InChI is InChI=1S/C8H8N4O2S/c1-4-2-3-14-5(4)6(13)10-8-12-11-7(9)15-8/h2-3H,1H3,(H2,9,11)(H,10,12,13). The lowest BCUT2D eigenvalue weighted by Crippen LogP contribution is -2.11. The van der Waals surface area contributed by atoms with E-state index in [1.807, 2.05) is 0 Å². The first-order valence-electron chi connectivity index (χ1n) is 4.11. The van der Waals surface area contributed by atoms with Crippen molar-refractivity contribution in [1.29, 1.82) is 0 Å². The Bertz CT molecular complexity index is 490. The zero-order chi connectivity index (χ0) is 10.8. The summed E-state index contributed by atoms with van der Waals surface area (Å²) in [5.41, 5.74) is 6.14. The molecule has 0 aliphatic rings. The van der Waals surface area contributed by atoms with E-state index in [4.69, 9.17) is 10.2 Å². The summed E-state index contributed by atoms with van der Waals surface area (Å²) >= 11 is 1.10. The summed E-state index contributed by atoms with van der Waals surface area (Å²) in [7, 11) is 0. The van der Waals surface area contributed by atoms with Gasteiger partial charge in [0.2, 0.25) is 10.3 Å². The van der Waals surface area contributed by atoms with Crippen LogP contribution in [-0.4, -0.2) is 16.1 Å². The van der Waals surface area contributed by atoms with Gasteiger partial charge in [-0.05, 0) is 13.0 Å². The van der Waals surface area contributed by atoms with Crippen LogP contribution in [0.5, 0.6) is 0 Å². The Labute approximate surface area is 89.1 Å². The van der Waals surface area contributed by atoms with E-state index in [2.05, 4.69) is 15.5 Å². The van der Waals surface area contributed by atoms with Crippen molar-refractivity contribution in [3.63, 3.8) is 0 Å². The zero-order valence-corrected chi connectivity index (χ0v) is 8.67. The molecule has 0 aliphatic carbocycles. The summed E-state index contributed by atoms with van der Waals surface area (Å²) in [6.07, 6.45) is 1.46. The maximum atomic E-state index is 11.6. The Balaban J connectivity index is 2.14. The Hall–Kier alpha value is -1.89. The molecule has 0 aromatic carbocycles. The van der Waals surface area contributed by atoms with Crippen molar-refractivity contribution in [2.24, 2.45) is 0 Å². The topological polar surface area (TPSA) is 94.0 Å². The summed E-state index contributed by atoms with van der Waals surface area (Å²) in [6.45, 7) is 1.78. The van der Waals surface area contributed by atoms with Crippen molar-refractivity contribution in [2.75, 3.05) is 11.1 Å². The first-order chi connectivity index (χ1) is 7.16. The van der Waals surface area contributed by atoms with Crippen LogP contribution in [0.1, 0.15) is 16.1 Å². The molecule has 0 atom stereocenters. The van der Waals surface area contributed by atoms with Crippen LogP contribution >= 0.6 is 11.3 Å². The molecule has 2 aromatic heterocycles. The molecule has 1 amide bonds. The maximum absolute atomic E-state index is 11.6. The number of anilines is 2. The third-order valence-corrected chi connectivity index (χ3v) is 2.40. The highest BCUT2D eigenvalue weighted by Crippen LogP contribution is 2.18. The molecule has 0 bridgehead atoms. The van der Waals surface area contributed by atoms with Gasteiger partial charge in [0.25, 0.3) is 5.91 Å². The van der Waals surface area contributed by atoms with Crippen LogP contribution in [0.4, 0.5) is 10.3 Å². The minimum absolute atomic E-state index is 0.267. The van der Waals surface area contributed by atoms with Crippen LogP contribution in [0.3, 0.4) is 0 Å². The van der Waals surface area contributed by atoms with E-state index in [1.54, 1.807) is 13.0 Å². The van der Waals surface area contributed by atoms with Crippen molar-refractivity contribution in [3.8, 4) is 0 Å². The van der Waals surface area contributed by atoms with Gasteiger partial charge >= 0.3 is 0 Å². The third kappa shape index (κ3) is 1.96. The highest BCUT2D eigenvalue weighted by atomic mass is 32.1. The highest BCUT2D eigenvalue weighted by molar-refractivity contribution is 7.19. The first kappa shape index (κ1) is 9.66. The Morgan fingerprint density at radius 3 is 2.93 bits per heavy atom. The smallest absolute Gasteiger partial charge is 0.293 e. The van der Waals surface area contributed by atoms with Crippen LogP contribution in [0, 0.1) is 6.92 Å². The molecule has 7 heteroatoms. The number of hydrogen-bond donors (Lipinski definition) is 2. The van der Waals surface area contributed by atoms with Crippen LogP contribution in [0.2, 0.25) is 0 Å². The molecule has 0 spiro atoms. The van der Waals surface area contributed by atoms with Gasteiger partial charge in [0.05, 0.1) is 6.26 Å². The highest BCUT2D eigenvalue weighted by Gasteiger charge is 2.14. The fourth-order valence-electron chi connectivity index (χ4n) is 1.04. The molecule has 0 saturated heterocycles. The number of nitrogens with one attached hydrogen (secondary N) is 1. The first-order valence-corrected chi connectivity index (χ1v) is 4.93. The van der Waals surface area contributed by atoms with E-state index in [-0.39, 0.29) is 11.7 Å². The second-order valence-electron chi connectivity index (χ2n) is 2.83. The van der Waals surface area contributed by atoms with E-state index < -0.39 is 0 Å². The van der Waals surface area contributed by atoms with Gasteiger partial charge in [-0.25, -0.2) is 0 Å². The monoisotopic (exact) mass is 224 g/mol. The molecular formula is C8H8N4O2S. The van der Waals surface area contributed by atoms with Gasteiger partial charge < -0.3 is 10.2 Å².